The van der Waals surface area contributed by atoms with E-state index in [-0.39, 0.29) is 34.3 Å². The number of nitrogens with zero attached hydrogens (tertiary/aromatic N) is 2. The van der Waals surface area contributed by atoms with Crippen molar-refractivity contribution < 1.29 is 37.6 Å². The van der Waals surface area contributed by atoms with E-state index in [9.17, 15) is 23.4 Å². The van der Waals surface area contributed by atoms with Crippen LogP contribution in [0.3, 0.4) is 0 Å². The van der Waals surface area contributed by atoms with E-state index < -0.39 is 34.2 Å². The Bertz CT molecular complexity index is 1380. The molecule has 0 unspecified atom stereocenters. The van der Waals surface area contributed by atoms with Crippen LogP contribution in [0.4, 0.5) is 5.82 Å². The van der Waals surface area contributed by atoms with Crippen molar-refractivity contribution in [2.45, 2.75) is 38.0 Å². The Kier molecular flexibility index (Phi) is 8.24. The molecule has 3 rings (SSSR count). The summed E-state index contributed by atoms with van der Waals surface area (Å²) in [6, 6.07) is 11.3. The molecule has 0 bridgehead atoms. The molecule has 12 heteroatoms. The molecular formula is C25H29N3O8S. The lowest BCUT2D eigenvalue weighted by atomic mass is 9.87. The zero-order valence-electron chi connectivity index (χ0n) is 21.1. The van der Waals surface area contributed by atoms with Gasteiger partial charge in [0.25, 0.3) is 15.9 Å². The van der Waals surface area contributed by atoms with Crippen LogP contribution in [0.1, 0.15) is 42.5 Å². The summed E-state index contributed by atoms with van der Waals surface area (Å²) in [5.74, 6) is -2.65. The summed E-state index contributed by atoms with van der Waals surface area (Å²) in [6.45, 7) is 7.08. The fourth-order valence-electron chi connectivity index (χ4n) is 3.17. The molecule has 0 aliphatic heterocycles. The minimum atomic E-state index is -4.24. The Morgan fingerprint density at radius 2 is 1.76 bits per heavy atom. The van der Waals surface area contributed by atoms with Gasteiger partial charge < -0.3 is 24.4 Å². The summed E-state index contributed by atoms with van der Waals surface area (Å²) in [5.41, 5.74) is 1.40. The third kappa shape index (κ3) is 6.66. The summed E-state index contributed by atoms with van der Waals surface area (Å²) in [6.07, 6.45) is 0. The molecule has 3 aromatic rings. The lowest BCUT2D eigenvalue weighted by Gasteiger charge is -2.20. The number of rotatable bonds is 10. The van der Waals surface area contributed by atoms with E-state index in [2.05, 4.69) is 14.7 Å². The number of aromatic carboxylic acids is 1. The molecule has 0 amide bonds. The average Bonchev–Trinajstić information content (AvgIpc) is 2.84. The molecule has 1 aromatic heterocycles. The van der Waals surface area contributed by atoms with Gasteiger partial charge in [0.05, 0.1) is 18.6 Å². The van der Waals surface area contributed by atoms with Gasteiger partial charge in [-0.05, 0) is 41.7 Å². The number of anilines is 1. The van der Waals surface area contributed by atoms with E-state index in [0.717, 1.165) is 5.56 Å². The Hall–Kier alpha value is -3.90. The van der Waals surface area contributed by atoms with Crippen molar-refractivity contribution in [1.82, 2.24) is 9.97 Å². The van der Waals surface area contributed by atoms with Gasteiger partial charge in [-0.3, -0.25) is 4.72 Å². The topological polar surface area (TPSA) is 157 Å². The maximum atomic E-state index is 13.3. The minimum Gasteiger partial charge on any atom is -0.497 e. The van der Waals surface area contributed by atoms with Gasteiger partial charge in [-0.1, -0.05) is 39.0 Å². The molecular weight excluding hydrogens is 502 g/mol. The second-order valence-corrected chi connectivity index (χ2v) is 10.7. The molecule has 37 heavy (non-hydrogen) atoms. The van der Waals surface area contributed by atoms with Crippen LogP contribution in [0.2, 0.25) is 0 Å². The number of sulfonamides is 1. The van der Waals surface area contributed by atoms with E-state index in [0.29, 0.717) is 11.3 Å². The highest BCUT2D eigenvalue weighted by atomic mass is 32.2. The summed E-state index contributed by atoms with van der Waals surface area (Å²) in [5, 5.41) is 18.7. The Balaban J connectivity index is 2.14. The zero-order chi connectivity index (χ0) is 27.4. The van der Waals surface area contributed by atoms with Crippen LogP contribution >= 0.6 is 0 Å². The lowest BCUT2D eigenvalue weighted by Crippen LogP contribution is -2.18. The number of nitrogens with one attached hydrogen (secondary N) is 1. The summed E-state index contributed by atoms with van der Waals surface area (Å²) in [4.78, 5) is 19.3. The van der Waals surface area contributed by atoms with Gasteiger partial charge in [0, 0.05) is 6.07 Å². The first-order valence-corrected chi connectivity index (χ1v) is 12.7. The maximum Gasteiger partial charge on any atom is 0.374 e. The number of hydrogen-bond acceptors (Lipinski definition) is 9. The highest BCUT2D eigenvalue weighted by Crippen LogP contribution is 2.39. The Morgan fingerprint density at radius 1 is 1.08 bits per heavy atom. The van der Waals surface area contributed by atoms with Crippen LogP contribution in [0.15, 0.2) is 47.4 Å². The molecule has 3 N–H and O–H groups in total. The number of carbonyl (C=O) groups is 1. The van der Waals surface area contributed by atoms with Gasteiger partial charge in [0.1, 0.15) is 18.1 Å². The molecule has 0 aliphatic carbocycles. The molecule has 1 heterocycles. The number of aromatic nitrogens is 2. The predicted molar refractivity (Wildman–Crippen MR) is 135 cm³/mol. The molecule has 198 valence electrons. The summed E-state index contributed by atoms with van der Waals surface area (Å²) in [7, 11) is -2.76. The quantitative estimate of drug-likeness (QED) is 0.352. The van der Waals surface area contributed by atoms with E-state index >= 15 is 0 Å². The van der Waals surface area contributed by atoms with Crippen molar-refractivity contribution in [2.75, 3.05) is 25.0 Å². The fourth-order valence-corrected chi connectivity index (χ4v) is 4.18. The molecule has 0 aliphatic rings. The van der Waals surface area contributed by atoms with Crippen LogP contribution in [-0.4, -0.2) is 54.9 Å². The van der Waals surface area contributed by atoms with Crippen molar-refractivity contribution in [3.8, 4) is 23.1 Å². The second-order valence-electron chi connectivity index (χ2n) is 9.02. The van der Waals surface area contributed by atoms with Gasteiger partial charge in [0.2, 0.25) is 11.6 Å². The van der Waals surface area contributed by atoms with Crippen molar-refractivity contribution in [1.29, 1.82) is 0 Å². The fraction of sp³-hybridized carbons (Fsp3) is 0.320. The third-order valence-corrected chi connectivity index (χ3v) is 6.58. The van der Waals surface area contributed by atoms with Gasteiger partial charge in [-0.15, -0.1) is 0 Å². The number of methoxy groups -OCH3 is 1. The second kappa shape index (κ2) is 11.0. The third-order valence-electron chi connectivity index (χ3n) is 5.22. The Morgan fingerprint density at radius 3 is 2.32 bits per heavy atom. The molecule has 0 fully saturated rings. The largest absolute Gasteiger partial charge is 0.497 e. The molecule has 11 nitrogen and oxygen atoms in total. The predicted octanol–water partition coefficient (Wildman–Crippen LogP) is 3.75. The first-order chi connectivity index (χ1) is 17.4. The van der Waals surface area contributed by atoms with E-state index in [1.54, 1.807) is 37.3 Å². The van der Waals surface area contributed by atoms with Crippen LogP contribution in [0.5, 0.6) is 23.1 Å². The molecule has 0 spiro atoms. The van der Waals surface area contributed by atoms with Crippen LogP contribution in [-0.2, 0) is 15.4 Å². The highest BCUT2D eigenvalue weighted by molar-refractivity contribution is 7.92. The Labute approximate surface area is 215 Å². The smallest absolute Gasteiger partial charge is 0.374 e. The SMILES string of the molecule is COc1ccc(C)c(Oc2c(NS(=O)(=O)c3ccc(C(C)(C)C)cc3)nc(C(=O)O)nc2OCCO)c1. The molecule has 0 radical (unpaired) electrons. The molecule has 0 atom stereocenters. The lowest BCUT2D eigenvalue weighted by molar-refractivity contribution is 0.0681. The summed E-state index contributed by atoms with van der Waals surface area (Å²) < 4.78 is 45.4. The van der Waals surface area contributed by atoms with Gasteiger partial charge >= 0.3 is 5.97 Å². The van der Waals surface area contributed by atoms with Crippen molar-refractivity contribution in [2.24, 2.45) is 0 Å². The first kappa shape index (κ1) is 27.7. The van der Waals surface area contributed by atoms with Crippen molar-refractivity contribution in [3.05, 3.63) is 59.4 Å². The standard InChI is InChI=1S/C25H29N3O8S/c1-15-6-9-17(34-5)14-19(15)36-20-21(26-22(24(30)31)27-23(20)35-13-12-29)28-37(32,33)18-10-7-16(8-11-18)25(2,3)4/h6-11,14,29H,12-13H2,1-5H3,(H,30,31)(H,26,27,28). The number of aryl methyl sites for hydroxylation is 1. The first-order valence-electron chi connectivity index (χ1n) is 11.2. The van der Waals surface area contributed by atoms with Crippen molar-refractivity contribution >= 4 is 21.8 Å². The molecule has 2 aromatic carbocycles. The average molecular weight is 532 g/mol. The number of carboxylic acid groups (broad SMARTS) is 1. The maximum absolute atomic E-state index is 13.3. The van der Waals surface area contributed by atoms with Crippen LogP contribution in [0, 0.1) is 6.92 Å². The van der Waals surface area contributed by atoms with Gasteiger partial charge in [0.15, 0.2) is 5.82 Å². The number of hydrogen-bond donors (Lipinski definition) is 3. The van der Waals surface area contributed by atoms with Gasteiger partial charge in [-0.25, -0.2) is 13.2 Å². The molecule has 0 saturated heterocycles. The van der Waals surface area contributed by atoms with E-state index in [1.807, 2.05) is 20.8 Å². The van der Waals surface area contributed by atoms with Crippen LogP contribution in [0.25, 0.3) is 0 Å². The zero-order valence-corrected chi connectivity index (χ0v) is 21.9. The number of carboxylic acids is 1. The van der Waals surface area contributed by atoms with Crippen LogP contribution < -0.4 is 18.9 Å². The monoisotopic (exact) mass is 531 g/mol. The van der Waals surface area contributed by atoms with E-state index in [4.69, 9.17) is 14.2 Å². The normalized spacial score (nSPS) is 11.6. The highest BCUT2D eigenvalue weighted by Gasteiger charge is 2.26. The number of ether oxygens (including phenoxy) is 3. The van der Waals surface area contributed by atoms with E-state index in [1.165, 1.54) is 19.2 Å². The van der Waals surface area contributed by atoms with Crippen molar-refractivity contribution in [3.63, 3.8) is 0 Å². The number of aliphatic hydroxyl groups excluding tert-OH is 1. The van der Waals surface area contributed by atoms with Gasteiger partial charge in [-0.2, -0.15) is 9.97 Å². The minimum absolute atomic E-state index is 0.0719. The summed E-state index contributed by atoms with van der Waals surface area (Å²) >= 11 is 0. The molecule has 0 saturated carbocycles. The number of aliphatic hydroxyl groups is 1. The number of benzene rings is 2.